The van der Waals surface area contributed by atoms with Gasteiger partial charge in [-0.2, -0.15) is 0 Å². The van der Waals surface area contributed by atoms with Crippen molar-refractivity contribution in [1.82, 2.24) is 10.2 Å². The molecule has 2 heterocycles. The molecule has 0 spiro atoms. The molecule has 3 atom stereocenters. The highest BCUT2D eigenvalue weighted by molar-refractivity contribution is 4.96. The summed E-state index contributed by atoms with van der Waals surface area (Å²) in [4.78, 5) is 2.64. The van der Waals surface area contributed by atoms with E-state index in [0.717, 1.165) is 24.2 Å². The Kier molecular flexibility index (Phi) is 5.50. The molecule has 1 N–H and O–H groups in total. The van der Waals surface area contributed by atoms with E-state index < -0.39 is 0 Å². The van der Waals surface area contributed by atoms with E-state index in [1.165, 1.54) is 57.8 Å². The van der Waals surface area contributed by atoms with Gasteiger partial charge in [0.15, 0.2) is 0 Å². The predicted molar refractivity (Wildman–Crippen MR) is 79.0 cm³/mol. The normalized spacial score (nSPS) is 33.8. The van der Waals surface area contributed by atoms with Gasteiger partial charge in [0.05, 0.1) is 0 Å². The molecule has 2 rings (SSSR count). The van der Waals surface area contributed by atoms with Gasteiger partial charge in [-0.05, 0) is 45.6 Å². The molecule has 0 aromatic heterocycles. The molecule has 0 aliphatic carbocycles. The summed E-state index contributed by atoms with van der Waals surface area (Å²) in [5, 5.41) is 3.99. The zero-order valence-corrected chi connectivity index (χ0v) is 12.6. The van der Waals surface area contributed by atoms with Gasteiger partial charge in [-0.15, -0.1) is 0 Å². The van der Waals surface area contributed by atoms with Gasteiger partial charge in [-0.25, -0.2) is 0 Å². The van der Waals surface area contributed by atoms with Crippen LogP contribution in [0.5, 0.6) is 0 Å². The molecule has 2 nitrogen and oxygen atoms in total. The molecule has 2 bridgehead atoms. The molecule has 2 heteroatoms. The average molecular weight is 252 g/mol. The zero-order chi connectivity index (χ0) is 13.0. The number of unbranched alkanes of at least 4 members (excludes halogenated alkanes) is 1. The maximum absolute atomic E-state index is 3.99. The molecule has 106 valence electrons. The molecule has 2 saturated heterocycles. The first kappa shape index (κ1) is 14.3. The van der Waals surface area contributed by atoms with Crippen LogP contribution in [-0.2, 0) is 0 Å². The Morgan fingerprint density at radius 3 is 2.28 bits per heavy atom. The Bertz CT molecular complexity index is 227. The topological polar surface area (TPSA) is 15.3 Å². The minimum Gasteiger partial charge on any atom is -0.311 e. The van der Waals surface area contributed by atoms with Crippen LogP contribution in [0.1, 0.15) is 71.6 Å². The van der Waals surface area contributed by atoms with Crippen molar-refractivity contribution in [3.05, 3.63) is 0 Å². The van der Waals surface area contributed by atoms with Crippen LogP contribution in [0.15, 0.2) is 0 Å². The summed E-state index contributed by atoms with van der Waals surface area (Å²) in [6.07, 6.45) is 12.4. The number of rotatable bonds is 7. The molecule has 0 radical (unpaired) electrons. The fraction of sp³-hybridized carbons (Fsp3) is 1.00. The molecular formula is C16H32N2. The van der Waals surface area contributed by atoms with Crippen molar-refractivity contribution in [3.8, 4) is 0 Å². The van der Waals surface area contributed by atoms with Crippen LogP contribution in [0.25, 0.3) is 0 Å². The quantitative estimate of drug-likeness (QED) is 0.745. The SMILES string of the molecule is CCCCC(CCC)NC1CC2CCC(C1)N2C. The third kappa shape index (κ3) is 3.48. The van der Waals surface area contributed by atoms with Crippen molar-refractivity contribution in [1.29, 1.82) is 0 Å². The molecular weight excluding hydrogens is 220 g/mol. The molecule has 3 unspecified atom stereocenters. The summed E-state index contributed by atoms with van der Waals surface area (Å²) in [6, 6.07) is 3.32. The van der Waals surface area contributed by atoms with Crippen molar-refractivity contribution < 1.29 is 0 Å². The minimum atomic E-state index is 0.780. The lowest BCUT2D eigenvalue weighted by atomic mass is 9.95. The van der Waals surface area contributed by atoms with Crippen LogP contribution in [-0.4, -0.2) is 36.1 Å². The third-order valence-electron chi connectivity index (χ3n) is 5.11. The third-order valence-corrected chi connectivity index (χ3v) is 5.11. The highest BCUT2D eigenvalue weighted by atomic mass is 15.2. The summed E-state index contributed by atoms with van der Waals surface area (Å²) >= 11 is 0. The van der Waals surface area contributed by atoms with Crippen LogP contribution in [0.3, 0.4) is 0 Å². The number of nitrogens with zero attached hydrogens (tertiary/aromatic N) is 1. The van der Waals surface area contributed by atoms with Gasteiger partial charge >= 0.3 is 0 Å². The summed E-state index contributed by atoms with van der Waals surface area (Å²) in [7, 11) is 2.33. The van der Waals surface area contributed by atoms with E-state index in [0.29, 0.717) is 0 Å². The smallest absolute Gasteiger partial charge is 0.0111 e. The fourth-order valence-corrected chi connectivity index (χ4v) is 3.99. The Hall–Kier alpha value is -0.0800. The second-order valence-corrected chi connectivity index (χ2v) is 6.51. The summed E-state index contributed by atoms with van der Waals surface area (Å²) in [6.45, 7) is 4.62. The zero-order valence-electron chi connectivity index (χ0n) is 12.6. The first-order chi connectivity index (χ1) is 8.74. The van der Waals surface area contributed by atoms with E-state index in [9.17, 15) is 0 Å². The number of nitrogens with one attached hydrogen (secondary N) is 1. The van der Waals surface area contributed by atoms with Crippen LogP contribution >= 0.6 is 0 Å². The first-order valence-corrected chi connectivity index (χ1v) is 8.22. The van der Waals surface area contributed by atoms with Gasteiger partial charge in [-0.1, -0.05) is 33.1 Å². The highest BCUT2D eigenvalue weighted by Gasteiger charge is 2.38. The van der Waals surface area contributed by atoms with Crippen molar-refractivity contribution in [2.24, 2.45) is 0 Å². The molecule has 0 amide bonds. The van der Waals surface area contributed by atoms with Gasteiger partial charge in [0.2, 0.25) is 0 Å². The van der Waals surface area contributed by atoms with E-state index in [2.05, 4.69) is 31.1 Å². The predicted octanol–water partition coefficient (Wildman–Crippen LogP) is 3.56. The van der Waals surface area contributed by atoms with Crippen LogP contribution in [0.2, 0.25) is 0 Å². The standard InChI is InChI=1S/C16H32N2/c1-4-6-8-13(7-5-2)17-14-11-15-9-10-16(12-14)18(15)3/h13-17H,4-12H2,1-3H3. The second kappa shape index (κ2) is 6.91. The number of fused-ring (bicyclic) bond motifs is 2. The Balaban J connectivity index is 1.80. The molecule has 2 aliphatic rings. The van der Waals surface area contributed by atoms with E-state index in [1.807, 2.05) is 0 Å². The number of hydrogen-bond acceptors (Lipinski definition) is 2. The van der Waals surface area contributed by atoms with E-state index in [-0.39, 0.29) is 0 Å². The minimum absolute atomic E-state index is 0.780. The fourth-order valence-electron chi connectivity index (χ4n) is 3.99. The molecule has 2 fully saturated rings. The maximum atomic E-state index is 3.99. The van der Waals surface area contributed by atoms with Crippen molar-refractivity contribution >= 4 is 0 Å². The molecule has 0 aromatic rings. The molecule has 18 heavy (non-hydrogen) atoms. The van der Waals surface area contributed by atoms with Crippen LogP contribution in [0.4, 0.5) is 0 Å². The van der Waals surface area contributed by atoms with Gasteiger partial charge in [0.25, 0.3) is 0 Å². The van der Waals surface area contributed by atoms with Gasteiger partial charge < -0.3 is 10.2 Å². The van der Waals surface area contributed by atoms with Crippen LogP contribution in [0, 0.1) is 0 Å². The Morgan fingerprint density at radius 1 is 1.06 bits per heavy atom. The van der Waals surface area contributed by atoms with Gasteiger partial charge in [-0.3, -0.25) is 0 Å². The van der Waals surface area contributed by atoms with Gasteiger partial charge in [0, 0.05) is 24.2 Å². The van der Waals surface area contributed by atoms with Crippen molar-refractivity contribution in [2.75, 3.05) is 7.05 Å². The van der Waals surface area contributed by atoms with E-state index in [1.54, 1.807) is 0 Å². The molecule has 0 saturated carbocycles. The largest absolute Gasteiger partial charge is 0.311 e. The Morgan fingerprint density at radius 2 is 1.72 bits per heavy atom. The van der Waals surface area contributed by atoms with Crippen LogP contribution < -0.4 is 5.32 Å². The summed E-state index contributed by atoms with van der Waals surface area (Å²) in [5.74, 6) is 0. The summed E-state index contributed by atoms with van der Waals surface area (Å²) in [5.41, 5.74) is 0. The average Bonchev–Trinajstić information content (AvgIpc) is 2.60. The van der Waals surface area contributed by atoms with Crippen molar-refractivity contribution in [2.45, 2.75) is 95.8 Å². The maximum Gasteiger partial charge on any atom is 0.0111 e. The van der Waals surface area contributed by atoms with E-state index >= 15 is 0 Å². The lowest BCUT2D eigenvalue weighted by molar-refractivity contribution is 0.141. The monoisotopic (exact) mass is 252 g/mol. The number of piperidine rings is 1. The Labute approximate surface area is 114 Å². The summed E-state index contributed by atoms with van der Waals surface area (Å²) < 4.78 is 0. The lowest BCUT2D eigenvalue weighted by Gasteiger charge is -2.38. The number of hydrogen-bond donors (Lipinski definition) is 1. The molecule has 2 aliphatic heterocycles. The highest BCUT2D eigenvalue weighted by Crippen LogP contribution is 2.34. The molecule has 0 aromatic carbocycles. The second-order valence-electron chi connectivity index (χ2n) is 6.51. The first-order valence-electron chi connectivity index (χ1n) is 8.22. The lowest BCUT2D eigenvalue weighted by Crippen LogP contribution is -2.49. The van der Waals surface area contributed by atoms with Gasteiger partial charge in [0.1, 0.15) is 0 Å². The van der Waals surface area contributed by atoms with Crippen molar-refractivity contribution in [3.63, 3.8) is 0 Å². The van der Waals surface area contributed by atoms with E-state index in [4.69, 9.17) is 0 Å².